The van der Waals surface area contributed by atoms with Gasteiger partial charge in [0.05, 0.1) is 30.0 Å². The van der Waals surface area contributed by atoms with E-state index >= 15 is 0 Å². The lowest BCUT2D eigenvalue weighted by molar-refractivity contribution is -0.0964. The summed E-state index contributed by atoms with van der Waals surface area (Å²) in [5.74, 6) is -0.339. The number of aliphatic hydroxyl groups excluding tert-OH is 1. The van der Waals surface area contributed by atoms with Gasteiger partial charge in [-0.3, -0.25) is 0 Å². The largest absolute Gasteiger partial charge is 0.462 e. The molecule has 0 saturated carbocycles. The Hall–Kier alpha value is -1.51. The van der Waals surface area contributed by atoms with Gasteiger partial charge in [-0.1, -0.05) is 101 Å². The lowest BCUT2D eigenvalue weighted by Crippen LogP contribution is -2.54. The fourth-order valence-electron chi connectivity index (χ4n) is 9.47. The molecule has 1 atom stereocenters. The van der Waals surface area contributed by atoms with Gasteiger partial charge in [0, 0.05) is 42.1 Å². The summed E-state index contributed by atoms with van der Waals surface area (Å²) in [5, 5.41) is 13.4. The normalized spacial score (nSPS) is 14.3. The zero-order valence-electron chi connectivity index (χ0n) is 33.8. The minimum atomic E-state index is -1.86. The average Bonchev–Trinajstić information content (AvgIpc) is 3.76. The van der Waals surface area contributed by atoms with Crippen molar-refractivity contribution in [2.24, 2.45) is 0 Å². The first kappa shape index (κ1) is 43.2. The number of allylic oxidation sites excluding steroid dienone is 2. The first-order chi connectivity index (χ1) is 24.4. The summed E-state index contributed by atoms with van der Waals surface area (Å²) in [6, 6.07) is 8.87. The highest BCUT2D eigenvalue weighted by Crippen LogP contribution is 2.50. The summed E-state index contributed by atoms with van der Waals surface area (Å²) in [5.41, 5.74) is 7.44. The van der Waals surface area contributed by atoms with Crippen LogP contribution in [0.4, 0.5) is 0 Å². The third kappa shape index (κ3) is 7.79. The molecule has 0 bridgehead atoms. The third-order valence-corrected chi connectivity index (χ3v) is 30.4. The van der Waals surface area contributed by atoms with Crippen LogP contribution in [0.15, 0.2) is 42.1 Å². The fourth-order valence-corrected chi connectivity index (χ4v) is 27.9. The second-order valence-corrected chi connectivity index (χ2v) is 31.7. The van der Waals surface area contributed by atoms with E-state index in [9.17, 15) is 9.90 Å². The summed E-state index contributed by atoms with van der Waals surface area (Å²) in [6.07, 6.45) is 3.17. The van der Waals surface area contributed by atoms with Crippen molar-refractivity contribution in [1.29, 1.82) is 0 Å². The lowest BCUT2D eigenvalue weighted by Gasteiger charge is -2.42. The van der Waals surface area contributed by atoms with Crippen LogP contribution in [0.3, 0.4) is 0 Å². The first-order valence-electron chi connectivity index (χ1n) is 19.1. The number of thiol groups is 1. The molecule has 52 heavy (non-hydrogen) atoms. The SMILES string of the molecule is CCOC(=O)c1c(/C(S)=C/C=C/[Si](C(C)C)(C(C)C)C(C)C)sc2cc3c(C(O)OCC)c(-c4ccc([Si](C(C)C)(C(C)C)C(C)C)s4)sc3cc12. The predicted octanol–water partition coefficient (Wildman–Crippen LogP) is 14.0. The monoisotopic (exact) mass is 814 g/mol. The molecule has 4 aromatic rings. The Morgan fingerprint density at radius 1 is 0.788 bits per heavy atom. The molecule has 4 rings (SSSR count). The van der Waals surface area contributed by atoms with E-state index < -0.39 is 22.4 Å². The van der Waals surface area contributed by atoms with Gasteiger partial charge in [0.15, 0.2) is 6.29 Å². The molecule has 0 fully saturated rings. The number of esters is 1. The summed E-state index contributed by atoms with van der Waals surface area (Å²) in [4.78, 5) is 17.4. The fraction of sp³-hybridized carbons (Fsp3) is 0.548. The van der Waals surface area contributed by atoms with Crippen molar-refractivity contribution in [2.75, 3.05) is 13.2 Å². The number of fused-ring (bicyclic) bond motifs is 2. The Morgan fingerprint density at radius 3 is 1.87 bits per heavy atom. The summed E-state index contributed by atoms with van der Waals surface area (Å²) in [6.45, 7) is 33.0. The van der Waals surface area contributed by atoms with Crippen LogP contribution < -0.4 is 4.50 Å². The van der Waals surface area contributed by atoms with Crippen molar-refractivity contribution in [3.63, 3.8) is 0 Å². The number of carbonyl (C=O) groups excluding carboxylic acids is 1. The van der Waals surface area contributed by atoms with Gasteiger partial charge in [0.2, 0.25) is 0 Å². The highest BCUT2D eigenvalue weighted by Gasteiger charge is 2.46. The Kier molecular flexibility index (Phi) is 14.6. The van der Waals surface area contributed by atoms with Gasteiger partial charge < -0.3 is 14.6 Å². The molecule has 4 nitrogen and oxygen atoms in total. The molecular weight excluding hydrogens is 753 g/mol. The molecule has 0 saturated heterocycles. The number of benzene rings is 1. The molecular formula is C42H62O4S4Si2. The predicted molar refractivity (Wildman–Crippen MR) is 241 cm³/mol. The number of ether oxygens (including phenoxy) is 2. The zero-order valence-corrected chi connectivity index (χ0v) is 39.2. The van der Waals surface area contributed by atoms with Crippen molar-refractivity contribution < 1.29 is 19.4 Å². The van der Waals surface area contributed by atoms with Crippen molar-refractivity contribution in [1.82, 2.24) is 0 Å². The van der Waals surface area contributed by atoms with E-state index in [1.54, 1.807) is 22.7 Å². The van der Waals surface area contributed by atoms with Gasteiger partial charge >= 0.3 is 5.97 Å². The minimum absolute atomic E-state index is 0.289. The van der Waals surface area contributed by atoms with Crippen molar-refractivity contribution >= 4 is 98.3 Å². The molecule has 286 valence electrons. The van der Waals surface area contributed by atoms with E-state index in [0.29, 0.717) is 45.4 Å². The Balaban J connectivity index is 1.96. The molecule has 1 unspecified atom stereocenters. The second kappa shape index (κ2) is 17.5. The Morgan fingerprint density at radius 2 is 1.35 bits per heavy atom. The van der Waals surface area contributed by atoms with E-state index in [2.05, 4.69) is 125 Å². The molecule has 0 spiro atoms. The van der Waals surface area contributed by atoms with Gasteiger partial charge in [-0.2, -0.15) is 0 Å². The number of carbonyl (C=O) groups is 1. The summed E-state index contributed by atoms with van der Waals surface area (Å²) < 4.78 is 15.0. The molecule has 10 heteroatoms. The van der Waals surface area contributed by atoms with Crippen molar-refractivity contribution in [3.8, 4) is 9.75 Å². The molecule has 0 aliphatic heterocycles. The topological polar surface area (TPSA) is 55.8 Å². The maximum absolute atomic E-state index is 13.7. The second-order valence-electron chi connectivity index (χ2n) is 16.0. The van der Waals surface area contributed by atoms with Crippen molar-refractivity contribution in [3.05, 3.63) is 58.1 Å². The summed E-state index contributed by atoms with van der Waals surface area (Å²) in [7, 11) is -3.62. The van der Waals surface area contributed by atoms with Crippen LogP contribution in [0.1, 0.15) is 124 Å². The number of aliphatic hydroxyl groups is 1. The van der Waals surface area contributed by atoms with Gasteiger partial charge in [0.1, 0.15) is 8.07 Å². The highest BCUT2D eigenvalue weighted by atomic mass is 32.1. The minimum Gasteiger partial charge on any atom is -0.462 e. The average molecular weight is 815 g/mol. The molecule has 3 heterocycles. The van der Waals surface area contributed by atoms with E-state index in [4.69, 9.17) is 22.1 Å². The zero-order chi connectivity index (χ0) is 38.9. The number of hydrogen-bond acceptors (Lipinski definition) is 8. The molecule has 0 aliphatic carbocycles. The van der Waals surface area contributed by atoms with E-state index in [1.807, 2.05) is 25.2 Å². The van der Waals surface area contributed by atoms with E-state index in [-0.39, 0.29) is 12.6 Å². The van der Waals surface area contributed by atoms with Crippen molar-refractivity contribution in [2.45, 2.75) is 136 Å². The van der Waals surface area contributed by atoms with Crippen LogP contribution in [-0.4, -0.2) is 40.4 Å². The third-order valence-electron chi connectivity index (χ3n) is 11.6. The van der Waals surface area contributed by atoms with Crippen LogP contribution in [0.5, 0.6) is 0 Å². The van der Waals surface area contributed by atoms with Gasteiger partial charge in [0.25, 0.3) is 0 Å². The highest BCUT2D eigenvalue weighted by molar-refractivity contribution is 7.90. The lowest BCUT2D eigenvalue weighted by atomic mass is 10.1. The van der Waals surface area contributed by atoms with Crippen LogP contribution in [0.25, 0.3) is 34.8 Å². The Labute approximate surface area is 333 Å². The maximum atomic E-state index is 13.7. The van der Waals surface area contributed by atoms with E-state index in [1.165, 1.54) is 4.50 Å². The van der Waals surface area contributed by atoms with Crippen LogP contribution >= 0.6 is 46.6 Å². The smallest absolute Gasteiger partial charge is 0.340 e. The molecule has 1 N–H and O–H groups in total. The van der Waals surface area contributed by atoms with Crippen LogP contribution in [0.2, 0.25) is 33.2 Å². The van der Waals surface area contributed by atoms with Gasteiger partial charge in [-0.25, -0.2) is 4.79 Å². The molecule has 0 amide bonds. The number of thiophene rings is 3. The number of hydrogen-bond donors (Lipinski definition) is 2. The number of rotatable bonds is 16. The first-order valence-corrected chi connectivity index (χ1v) is 26.5. The molecule has 0 aliphatic rings. The van der Waals surface area contributed by atoms with Gasteiger partial charge in [-0.15, -0.1) is 46.6 Å². The molecule has 3 aromatic heterocycles. The summed E-state index contributed by atoms with van der Waals surface area (Å²) >= 11 is 10.1. The maximum Gasteiger partial charge on any atom is 0.340 e. The van der Waals surface area contributed by atoms with Gasteiger partial charge in [-0.05, 0) is 75.9 Å². The van der Waals surface area contributed by atoms with Crippen LogP contribution in [-0.2, 0) is 9.47 Å². The van der Waals surface area contributed by atoms with Crippen LogP contribution in [0, 0.1) is 0 Å². The standard InChI is InChI=1S/C42H62O4S4Si2/c1-15-45-41(43)37-30-22-35-31(23-34(30)49-39(37)32(47)18-17-21-51(24(3)4,25(5)6)26(7)8)38(42(44)46-16-2)40(50-35)33-19-20-36(48-33)52(27(9)10,28(11)12)29(13)14/h17-29,42,44,47H,15-16H2,1-14H3/b21-17+,32-18-. The molecule has 1 aromatic carbocycles. The van der Waals surface area contributed by atoms with E-state index in [0.717, 1.165) is 45.3 Å². The quantitative estimate of drug-likeness (QED) is 0.0389. The molecule has 0 radical (unpaired) electrons. The Bertz CT molecular complexity index is 1860.